The van der Waals surface area contributed by atoms with Crippen LogP contribution in [0.3, 0.4) is 0 Å². The number of nitrogens with one attached hydrogen (secondary N) is 1. The molecule has 3 rings (SSSR count). The number of piperidine rings is 2. The highest BCUT2D eigenvalue weighted by molar-refractivity contribution is 5.78. The average Bonchev–Trinajstić information content (AvgIpc) is 2.56. The van der Waals surface area contributed by atoms with Crippen molar-refractivity contribution < 1.29 is 4.79 Å². The molecule has 4 heteroatoms. The molecule has 0 unspecified atom stereocenters. The predicted molar refractivity (Wildman–Crippen MR) is 102 cm³/mol. The van der Waals surface area contributed by atoms with Gasteiger partial charge in [0.25, 0.3) is 0 Å². The Bertz CT molecular complexity index is 529. The van der Waals surface area contributed by atoms with Crippen LogP contribution in [0.15, 0.2) is 30.3 Å². The molecule has 0 spiro atoms. The molecular formula is C21H33N3O. The minimum atomic E-state index is 0.211. The number of hydrogen-bond acceptors (Lipinski definition) is 3. The van der Waals surface area contributed by atoms with E-state index in [4.69, 9.17) is 0 Å². The van der Waals surface area contributed by atoms with Gasteiger partial charge in [-0.15, -0.1) is 0 Å². The SMILES string of the molecule is C[C@H]1C[C@H](C)CN(CC(=O)NC2CCN(Cc3ccccc3)CC2)C1. The van der Waals surface area contributed by atoms with E-state index in [0.717, 1.165) is 45.6 Å². The third kappa shape index (κ3) is 5.82. The molecule has 1 aromatic rings. The molecule has 4 nitrogen and oxygen atoms in total. The first kappa shape index (κ1) is 18.4. The van der Waals surface area contributed by atoms with Gasteiger partial charge in [0.1, 0.15) is 0 Å². The molecule has 0 saturated carbocycles. The highest BCUT2D eigenvalue weighted by Crippen LogP contribution is 2.20. The summed E-state index contributed by atoms with van der Waals surface area (Å²) in [5.74, 6) is 1.62. The van der Waals surface area contributed by atoms with Crippen LogP contribution >= 0.6 is 0 Å². The Morgan fingerprint density at radius 2 is 1.68 bits per heavy atom. The molecule has 0 aliphatic carbocycles. The van der Waals surface area contributed by atoms with Gasteiger partial charge in [-0.3, -0.25) is 14.6 Å². The molecular weight excluding hydrogens is 310 g/mol. The first-order valence-corrected chi connectivity index (χ1v) is 9.86. The van der Waals surface area contributed by atoms with Crippen molar-refractivity contribution in [3.05, 3.63) is 35.9 Å². The minimum absolute atomic E-state index is 0.211. The third-order valence-corrected chi connectivity index (χ3v) is 5.51. The van der Waals surface area contributed by atoms with E-state index < -0.39 is 0 Å². The summed E-state index contributed by atoms with van der Waals surface area (Å²) in [5, 5.41) is 3.27. The number of nitrogens with zero attached hydrogens (tertiary/aromatic N) is 2. The van der Waals surface area contributed by atoms with Crippen LogP contribution in [0.1, 0.15) is 38.7 Å². The summed E-state index contributed by atoms with van der Waals surface area (Å²) in [7, 11) is 0. The van der Waals surface area contributed by atoms with Crippen molar-refractivity contribution in [2.45, 2.75) is 45.7 Å². The van der Waals surface area contributed by atoms with E-state index in [1.54, 1.807) is 0 Å². The lowest BCUT2D eigenvalue weighted by Crippen LogP contribution is -2.49. The van der Waals surface area contributed by atoms with Crippen molar-refractivity contribution in [1.29, 1.82) is 0 Å². The molecule has 0 aromatic heterocycles. The molecule has 2 heterocycles. The zero-order valence-electron chi connectivity index (χ0n) is 15.8. The molecule has 1 aromatic carbocycles. The Labute approximate surface area is 152 Å². The van der Waals surface area contributed by atoms with Crippen molar-refractivity contribution in [3.8, 4) is 0 Å². The van der Waals surface area contributed by atoms with E-state index in [1.165, 1.54) is 12.0 Å². The molecule has 2 fully saturated rings. The van der Waals surface area contributed by atoms with E-state index >= 15 is 0 Å². The molecule has 1 amide bonds. The molecule has 1 N–H and O–H groups in total. The molecule has 138 valence electrons. The average molecular weight is 344 g/mol. The lowest BCUT2D eigenvalue weighted by Gasteiger charge is -2.35. The maximum absolute atomic E-state index is 12.4. The van der Waals surface area contributed by atoms with Crippen molar-refractivity contribution in [2.75, 3.05) is 32.7 Å². The van der Waals surface area contributed by atoms with Gasteiger partial charge in [-0.05, 0) is 36.7 Å². The normalized spacial score (nSPS) is 26.5. The molecule has 2 atom stereocenters. The summed E-state index contributed by atoms with van der Waals surface area (Å²) in [6, 6.07) is 11.0. The Morgan fingerprint density at radius 3 is 2.32 bits per heavy atom. The van der Waals surface area contributed by atoms with Gasteiger partial charge >= 0.3 is 0 Å². The molecule has 2 aliphatic rings. The van der Waals surface area contributed by atoms with Gasteiger partial charge in [0.2, 0.25) is 5.91 Å². The zero-order valence-corrected chi connectivity index (χ0v) is 15.8. The van der Waals surface area contributed by atoms with Crippen LogP contribution in [0.5, 0.6) is 0 Å². The summed E-state index contributed by atoms with van der Waals surface area (Å²) in [5.41, 5.74) is 1.37. The van der Waals surface area contributed by atoms with Gasteiger partial charge in [-0.25, -0.2) is 0 Å². The topological polar surface area (TPSA) is 35.6 Å². The number of likely N-dealkylation sites (tertiary alicyclic amines) is 2. The van der Waals surface area contributed by atoms with Gasteiger partial charge in [0.15, 0.2) is 0 Å². The van der Waals surface area contributed by atoms with E-state index in [9.17, 15) is 4.79 Å². The second-order valence-corrected chi connectivity index (χ2v) is 8.24. The Morgan fingerprint density at radius 1 is 1.04 bits per heavy atom. The van der Waals surface area contributed by atoms with Gasteiger partial charge < -0.3 is 5.32 Å². The van der Waals surface area contributed by atoms with Gasteiger partial charge in [-0.1, -0.05) is 44.2 Å². The molecule has 0 radical (unpaired) electrons. The van der Waals surface area contributed by atoms with Crippen LogP contribution < -0.4 is 5.32 Å². The monoisotopic (exact) mass is 343 g/mol. The lowest BCUT2D eigenvalue weighted by atomic mass is 9.92. The predicted octanol–water partition coefficient (Wildman–Crippen LogP) is 2.75. The number of amides is 1. The zero-order chi connectivity index (χ0) is 17.6. The maximum atomic E-state index is 12.4. The number of rotatable bonds is 5. The van der Waals surface area contributed by atoms with Crippen LogP contribution in [0.4, 0.5) is 0 Å². The van der Waals surface area contributed by atoms with Crippen LogP contribution in [-0.2, 0) is 11.3 Å². The van der Waals surface area contributed by atoms with E-state index in [-0.39, 0.29) is 5.91 Å². The molecule has 2 saturated heterocycles. The number of carbonyl (C=O) groups excluding carboxylic acids is 1. The number of benzene rings is 1. The van der Waals surface area contributed by atoms with Crippen molar-refractivity contribution in [2.24, 2.45) is 11.8 Å². The first-order valence-electron chi connectivity index (χ1n) is 9.86. The smallest absolute Gasteiger partial charge is 0.234 e. The van der Waals surface area contributed by atoms with Crippen LogP contribution in [0.25, 0.3) is 0 Å². The fraction of sp³-hybridized carbons (Fsp3) is 0.667. The van der Waals surface area contributed by atoms with E-state index in [2.05, 4.69) is 59.3 Å². The maximum Gasteiger partial charge on any atom is 0.234 e. The summed E-state index contributed by atoms with van der Waals surface area (Å²) in [6.07, 6.45) is 3.41. The standard InChI is InChI=1S/C21H33N3O/c1-17-12-18(2)14-24(13-17)16-21(25)22-20-8-10-23(11-9-20)15-19-6-4-3-5-7-19/h3-7,17-18,20H,8-16H2,1-2H3,(H,22,25)/t17-,18-/m0/s1. The molecule has 2 aliphatic heterocycles. The molecule has 0 bridgehead atoms. The number of carbonyl (C=O) groups is 1. The fourth-order valence-corrected chi connectivity index (χ4v) is 4.47. The quantitative estimate of drug-likeness (QED) is 0.893. The van der Waals surface area contributed by atoms with Gasteiger partial charge in [0, 0.05) is 38.8 Å². The van der Waals surface area contributed by atoms with Crippen LogP contribution in [0, 0.1) is 11.8 Å². The van der Waals surface area contributed by atoms with Crippen LogP contribution in [0.2, 0.25) is 0 Å². The third-order valence-electron chi connectivity index (χ3n) is 5.51. The largest absolute Gasteiger partial charge is 0.352 e. The number of hydrogen-bond donors (Lipinski definition) is 1. The van der Waals surface area contributed by atoms with Crippen molar-refractivity contribution >= 4 is 5.91 Å². The van der Waals surface area contributed by atoms with Gasteiger partial charge in [-0.2, -0.15) is 0 Å². The summed E-state index contributed by atoms with van der Waals surface area (Å²) < 4.78 is 0. The first-order chi connectivity index (χ1) is 12.1. The second-order valence-electron chi connectivity index (χ2n) is 8.24. The van der Waals surface area contributed by atoms with Gasteiger partial charge in [0.05, 0.1) is 6.54 Å². The minimum Gasteiger partial charge on any atom is -0.352 e. The molecule has 25 heavy (non-hydrogen) atoms. The van der Waals surface area contributed by atoms with Crippen molar-refractivity contribution in [1.82, 2.24) is 15.1 Å². The lowest BCUT2D eigenvalue weighted by molar-refractivity contribution is -0.123. The van der Waals surface area contributed by atoms with Crippen molar-refractivity contribution in [3.63, 3.8) is 0 Å². The van der Waals surface area contributed by atoms with E-state index in [0.29, 0.717) is 24.4 Å². The van der Waals surface area contributed by atoms with E-state index in [1.807, 2.05) is 0 Å². The summed E-state index contributed by atoms with van der Waals surface area (Å²) >= 11 is 0. The van der Waals surface area contributed by atoms with Crippen LogP contribution in [-0.4, -0.2) is 54.5 Å². The fourth-order valence-electron chi connectivity index (χ4n) is 4.47. The summed E-state index contributed by atoms with van der Waals surface area (Å²) in [6.45, 7) is 10.4. The Balaban J connectivity index is 1.37. The Kier molecular flexibility index (Phi) is 6.49. The highest BCUT2D eigenvalue weighted by atomic mass is 16.2. The Hall–Kier alpha value is -1.39. The summed E-state index contributed by atoms with van der Waals surface area (Å²) in [4.78, 5) is 17.2. The second kappa shape index (κ2) is 8.81. The highest BCUT2D eigenvalue weighted by Gasteiger charge is 2.25.